The molecule has 3 aromatic heterocycles. The summed E-state index contributed by atoms with van der Waals surface area (Å²) in [5.41, 5.74) is 3.13. The molecule has 24 heavy (non-hydrogen) atoms. The van der Waals surface area contributed by atoms with Gasteiger partial charge in [0, 0.05) is 50.8 Å². The molecule has 1 fully saturated rings. The molecule has 0 spiro atoms. The van der Waals surface area contributed by atoms with E-state index in [0.717, 1.165) is 36.7 Å². The van der Waals surface area contributed by atoms with Crippen molar-refractivity contribution in [3.8, 4) is 11.5 Å². The van der Waals surface area contributed by atoms with E-state index in [1.807, 2.05) is 36.3 Å². The Labute approximate surface area is 141 Å². The first-order valence-electron chi connectivity index (χ1n) is 8.24. The van der Waals surface area contributed by atoms with Gasteiger partial charge in [0.2, 0.25) is 0 Å². The number of aryl methyl sites for hydroxylation is 1. The smallest absolute Gasteiger partial charge is 0.160 e. The second-order valence-corrected chi connectivity index (χ2v) is 6.14. The summed E-state index contributed by atoms with van der Waals surface area (Å²) >= 11 is 0. The highest BCUT2D eigenvalue weighted by atomic mass is 15.2. The van der Waals surface area contributed by atoms with Crippen LogP contribution in [0.2, 0.25) is 0 Å². The Morgan fingerprint density at radius 1 is 1.12 bits per heavy atom. The lowest BCUT2D eigenvalue weighted by atomic mass is 10.1. The monoisotopic (exact) mass is 320 g/mol. The van der Waals surface area contributed by atoms with E-state index in [2.05, 4.69) is 30.9 Å². The molecule has 1 aliphatic heterocycles. The molecule has 0 radical (unpaired) electrons. The number of hydrogen-bond acceptors (Lipinski definition) is 5. The second kappa shape index (κ2) is 6.49. The fourth-order valence-electron chi connectivity index (χ4n) is 3.41. The molecule has 1 aliphatic rings. The molecular formula is C18H20N6. The zero-order valence-corrected chi connectivity index (χ0v) is 13.7. The van der Waals surface area contributed by atoms with E-state index in [-0.39, 0.29) is 6.04 Å². The maximum absolute atomic E-state index is 4.68. The van der Waals surface area contributed by atoms with E-state index in [0.29, 0.717) is 0 Å². The van der Waals surface area contributed by atoms with Crippen molar-refractivity contribution in [2.45, 2.75) is 25.4 Å². The van der Waals surface area contributed by atoms with Crippen LogP contribution >= 0.6 is 0 Å². The topological polar surface area (TPSA) is 59.7 Å². The predicted molar refractivity (Wildman–Crippen MR) is 90.9 cm³/mol. The average molecular weight is 320 g/mol. The van der Waals surface area contributed by atoms with Crippen molar-refractivity contribution in [3.63, 3.8) is 0 Å². The highest BCUT2D eigenvalue weighted by molar-refractivity contribution is 5.54. The molecule has 0 saturated carbocycles. The van der Waals surface area contributed by atoms with Crippen LogP contribution in [0.3, 0.4) is 0 Å². The van der Waals surface area contributed by atoms with Crippen LogP contribution in [-0.2, 0) is 13.6 Å². The van der Waals surface area contributed by atoms with Gasteiger partial charge < -0.3 is 4.57 Å². The van der Waals surface area contributed by atoms with Crippen molar-refractivity contribution in [1.82, 2.24) is 29.4 Å². The molecule has 1 atom stereocenters. The Morgan fingerprint density at radius 3 is 2.83 bits per heavy atom. The maximum Gasteiger partial charge on any atom is 0.160 e. The number of aromatic nitrogens is 5. The van der Waals surface area contributed by atoms with E-state index in [1.165, 1.54) is 12.0 Å². The minimum atomic E-state index is 0.269. The van der Waals surface area contributed by atoms with Crippen LogP contribution in [0.25, 0.3) is 11.5 Å². The molecule has 6 heteroatoms. The third kappa shape index (κ3) is 2.80. The standard InChI is InChI=1S/C18H20N6/c1-23-11-9-22-18(23)17-16(20-7-8-21-17)15-5-3-10-24(15)13-14-4-2-6-19-12-14/h2,4,6-9,11-12,15H,3,5,10,13H2,1H3/t15-/m1/s1. The summed E-state index contributed by atoms with van der Waals surface area (Å²) < 4.78 is 1.99. The summed E-state index contributed by atoms with van der Waals surface area (Å²) in [6.45, 7) is 1.95. The van der Waals surface area contributed by atoms with Gasteiger partial charge in [-0.1, -0.05) is 6.07 Å². The molecule has 3 aromatic rings. The number of hydrogen-bond donors (Lipinski definition) is 0. The van der Waals surface area contributed by atoms with Crippen LogP contribution in [0.15, 0.2) is 49.3 Å². The Morgan fingerprint density at radius 2 is 2.04 bits per heavy atom. The van der Waals surface area contributed by atoms with Gasteiger partial charge in [-0.3, -0.25) is 14.9 Å². The summed E-state index contributed by atoms with van der Waals surface area (Å²) in [7, 11) is 1.99. The second-order valence-electron chi connectivity index (χ2n) is 6.14. The highest BCUT2D eigenvalue weighted by Crippen LogP contribution is 2.35. The van der Waals surface area contributed by atoms with Crippen LogP contribution in [0.4, 0.5) is 0 Å². The summed E-state index contributed by atoms with van der Waals surface area (Å²) in [6.07, 6.45) is 13.3. The quantitative estimate of drug-likeness (QED) is 0.739. The van der Waals surface area contributed by atoms with Gasteiger partial charge in [0.15, 0.2) is 5.82 Å². The van der Waals surface area contributed by atoms with Crippen LogP contribution < -0.4 is 0 Å². The third-order valence-corrected chi connectivity index (χ3v) is 4.55. The van der Waals surface area contributed by atoms with E-state index >= 15 is 0 Å². The first-order chi connectivity index (χ1) is 11.8. The van der Waals surface area contributed by atoms with Crippen LogP contribution in [-0.4, -0.2) is 35.9 Å². The van der Waals surface area contributed by atoms with Gasteiger partial charge in [0.05, 0.1) is 11.7 Å². The van der Waals surface area contributed by atoms with Gasteiger partial charge in [0.25, 0.3) is 0 Å². The van der Waals surface area contributed by atoms with E-state index in [4.69, 9.17) is 0 Å². The zero-order valence-electron chi connectivity index (χ0n) is 13.7. The van der Waals surface area contributed by atoms with E-state index in [1.54, 1.807) is 18.6 Å². The molecule has 1 saturated heterocycles. The number of nitrogens with zero attached hydrogens (tertiary/aromatic N) is 6. The molecule has 0 aromatic carbocycles. The molecular weight excluding hydrogens is 300 g/mol. The fourth-order valence-corrected chi connectivity index (χ4v) is 3.41. The van der Waals surface area contributed by atoms with Gasteiger partial charge in [-0.05, 0) is 31.0 Å². The van der Waals surface area contributed by atoms with Crippen molar-refractivity contribution in [1.29, 1.82) is 0 Å². The van der Waals surface area contributed by atoms with Gasteiger partial charge in [-0.2, -0.15) is 0 Å². The normalized spacial score (nSPS) is 18.1. The summed E-state index contributed by atoms with van der Waals surface area (Å²) in [6, 6.07) is 4.38. The van der Waals surface area contributed by atoms with Crippen molar-refractivity contribution >= 4 is 0 Å². The number of likely N-dealkylation sites (tertiary alicyclic amines) is 1. The third-order valence-electron chi connectivity index (χ3n) is 4.55. The molecule has 0 amide bonds. The predicted octanol–water partition coefficient (Wildman–Crippen LogP) is 2.61. The average Bonchev–Trinajstić information content (AvgIpc) is 3.25. The molecule has 6 nitrogen and oxygen atoms in total. The minimum Gasteiger partial charge on any atom is -0.333 e. The number of rotatable bonds is 4. The molecule has 0 N–H and O–H groups in total. The van der Waals surface area contributed by atoms with Gasteiger partial charge in [-0.25, -0.2) is 9.97 Å². The van der Waals surface area contributed by atoms with Gasteiger partial charge in [0.1, 0.15) is 5.69 Å². The zero-order chi connectivity index (χ0) is 16.4. The van der Waals surface area contributed by atoms with Crippen molar-refractivity contribution in [2.24, 2.45) is 7.05 Å². The van der Waals surface area contributed by atoms with E-state index < -0.39 is 0 Å². The van der Waals surface area contributed by atoms with E-state index in [9.17, 15) is 0 Å². The first-order valence-corrected chi connectivity index (χ1v) is 8.24. The summed E-state index contributed by atoms with van der Waals surface area (Å²) in [5.74, 6) is 0.867. The molecule has 0 bridgehead atoms. The summed E-state index contributed by atoms with van der Waals surface area (Å²) in [5, 5.41) is 0. The van der Waals surface area contributed by atoms with Crippen molar-refractivity contribution < 1.29 is 0 Å². The lowest BCUT2D eigenvalue weighted by Gasteiger charge is -2.25. The largest absolute Gasteiger partial charge is 0.333 e. The highest BCUT2D eigenvalue weighted by Gasteiger charge is 2.30. The molecule has 0 aliphatic carbocycles. The van der Waals surface area contributed by atoms with Crippen molar-refractivity contribution in [2.75, 3.05) is 6.54 Å². The van der Waals surface area contributed by atoms with Gasteiger partial charge in [-0.15, -0.1) is 0 Å². The molecule has 4 rings (SSSR count). The van der Waals surface area contributed by atoms with Gasteiger partial charge >= 0.3 is 0 Å². The summed E-state index contributed by atoms with van der Waals surface area (Å²) in [4.78, 5) is 20.4. The Balaban J connectivity index is 1.67. The molecule has 4 heterocycles. The Bertz CT molecular complexity index is 813. The maximum atomic E-state index is 4.68. The fraction of sp³-hybridized carbons (Fsp3) is 0.333. The minimum absolute atomic E-state index is 0.269. The SMILES string of the molecule is Cn1ccnc1-c1nccnc1[C@H]1CCCN1Cc1cccnc1. The number of pyridine rings is 1. The van der Waals surface area contributed by atoms with Crippen LogP contribution in [0.5, 0.6) is 0 Å². The lowest BCUT2D eigenvalue weighted by molar-refractivity contribution is 0.244. The first kappa shape index (κ1) is 15.0. The lowest BCUT2D eigenvalue weighted by Crippen LogP contribution is -2.24. The Hall–Kier alpha value is -2.60. The van der Waals surface area contributed by atoms with Crippen molar-refractivity contribution in [3.05, 3.63) is 60.6 Å². The van der Waals surface area contributed by atoms with Crippen LogP contribution in [0, 0.1) is 0 Å². The molecule has 0 unspecified atom stereocenters. The Kier molecular flexibility index (Phi) is 4.04. The van der Waals surface area contributed by atoms with Crippen LogP contribution in [0.1, 0.15) is 30.1 Å². The number of imidazole rings is 1. The molecule has 122 valence electrons.